The highest BCUT2D eigenvalue weighted by molar-refractivity contribution is 8.11. The second-order valence-electron chi connectivity index (χ2n) is 2.45. The molecular formula is C5H10ClNO3S. The van der Waals surface area contributed by atoms with Crippen molar-refractivity contribution in [2.75, 3.05) is 20.2 Å². The second-order valence-corrected chi connectivity index (χ2v) is 4.96. The lowest BCUT2D eigenvalue weighted by atomic mass is 10.3. The van der Waals surface area contributed by atoms with Crippen LogP contribution < -0.4 is 0 Å². The summed E-state index contributed by atoms with van der Waals surface area (Å²) in [6, 6.07) is 0. The second kappa shape index (κ2) is 3.26. The number of nitrogens with zero attached hydrogens (tertiary/aromatic N) is 1. The van der Waals surface area contributed by atoms with Crippen molar-refractivity contribution in [1.29, 1.82) is 0 Å². The fraction of sp³-hybridized carbons (Fsp3) is 1.00. The summed E-state index contributed by atoms with van der Waals surface area (Å²) in [7, 11) is 3.15. The van der Waals surface area contributed by atoms with Crippen LogP contribution in [0.25, 0.3) is 0 Å². The summed E-state index contributed by atoms with van der Waals surface area (Å²) in [4.78, 5) is 0. The van der Waals surface area contributed by atoms with E-state index in [1.54, 1.807) is 7.11 Å². The molecule has 1 fully saturated rings. The predicted octanol–water partition coefficient (Wildman–Crippen LogP) is 0.191. The van der Waals surface area contributed by atoms with Gasteiger partial charge in [-0.15, -0.1) is 0 Å². The van der Waals surface area contributed by atoms with E-state index in [1.807, 2.05) is 0 Å². The Hall–Kier alpha value is 0.160. The molecule has 0 spiro atoms. The summed E-state index contributed by atoms with van der Waals surface area (Å²) in [5.41, 5.74) is 0. The first-order valence-corrected chi connectivity index (χ1v) is 5.53. The van der Waals surface area contributed by atoms with Crippen molar-refractivity contribution in [3.05, 3.63) is 0 Å². The van der Waals surface area contributed by atoms with Crippen LogP contribution in [0.3, 0.4) is 0 Å². The highest BCUT2D eigenvalue weighted by Crippen LogP contribution is 2.17. The van der Waals surface area contributed by atoms with E-state index in [1.165, 1.54) is 4.31 Å². The Labute approximate surface area is 70.6 Å². The number of ether oxygens (including phenoxy) is 1. The van der Waals surface area contributed by atoms with Gasteiger partial charge in [-0.05, 0) is 6.42 Å². The Kier molecular flexibility index (Phi) is 2.74. The largest absolute Gasteiger partial charge is 0.380 e. The first kappa shape index (κ1) is 9.25. The lowest BCUT2D eigenvalue weighted by Gasteiger charge is -2.09. The Morgan fingerprint density at radius 1 is 1.64 bits per heavy atom. The lowest BCUT2D eigenvalue weighted by molar-refractivity contribution is 0.115. The minimum Gasteiger partial charge on any atom is -0.380 e. The van der Waals surface area contributed by atoms with E-state index in [0.29, 0.717) is 13.1 Å². The number of halogens is 1. The molecule has 1 saturated heterocycles. The number of rotatable bonds is 2. The van der Waals surface area contributed by atoms with Crippen LogP contribution in [0.1, 0.15) is 6.42 Å². The molecule has 1 rings (SSSR count). The lowest BCUT2D eigenvalue weighted by Crippen LogP contribution is -2.25. The van der Waals surface area contributed by atoms with Gasteiger partial charge in [0.05, 0.1) is 6.10 Å². The van der Waals surface area contributed by atoms with E-state index < -0.39 is 9.24 Å². The summed E-state index contributed by atoms with van der Waals surface area (Å²) in [6.45, 7) is 0.840. The van der Waals surface area contributed by atoms with Crippen molar-refractivity contribution in [2.24, 2.45) is 0 Å². The molecule has 0 N–H and O–H groups in total. The SMILES string of the molecule is CO[C@H]1CCN(S(=O)(=O)Cl)C1. The van der Waals surface area contributed by atoms with Crippen molar-refractivity contribution in [2.45, 2.75) is 12.5 Å². The van der Waals surface area contributed by atoms with Gasteiger partial charge in [-0.3, -0.25) is 0 Å². The first-order valence-electron chi connectivity index (χ1n) is 3.26. The molecular weight excluding hydrogens is 190 g/mol. The topological polar surface area (TPSA) is 46.6 Å². The highest BCUT2D eigenvalue weighted by Gasteiger charge is 2.29. The smallest absolute Gasteiger partial charge is 0.299 e. The molecule has 0 aromatic rings. The monoisotopic (exact) mass is 199 g/mol. The molecule has 4 nitrogen and oxygen atoms in total. The fourth-order valence-corrected chi connectivity index (χ4v) is 2.13. The molecule has 1 atom stereocenters. The predicted molar refractivity (Wildman–Crippen MR) is 41.8 cm³/mol. The third-order valence-corrected chi connectivity index (χ3v) is 3.28. The molecule has 0 amide bonds. The van der Waals surface area contributed by atoms with Crippen LogP contribution in [-0.4, -0.2) is 39.0 Å². The molecule has 0 aliphatic carbocycles. The van der Waals surface area contributed by atoms with Crippen LogP contribution in [0.15, 0.2) is 0 Å². The van der Waals surface area contributed by atoms with Gasteiger partial charge in [0, 0.05) is 30.9 Å². The third kappa shape index (κ3) is 2.30. The van der Waals surface area contributed by atoms with Gasteiger partial charge in [0.2, 0.25) is 0 Å². The van der Waals surface area contributed by atoms with Gasteiger partial charge in [0.1, 0.15) is 0 Å². The van der Waals surface area contributed by atoms with Gasteiger partial charge >= 0.3 is 0 Å². The Balaban J connectivity index is 2.55. The molecule has 1 heterocycles. The van der Waals surface area contributed by atoms with Crippen LogP contribution in [0.2, 0.25) is 0 Å². The van der Waals surface area contributed by atoms with E-state index in [4.69, 9.17) is 15.4 Å². The summed E-state index contributed by atoms with van der Waals surface area (Å²) >= 11 is 0. The van der Waals surface area contributed by atoms with Crippen LogP contribution in [0.4, 0.5) is 0 Å². The minimum absolute atomic E-state index is 0.00326. The van der Waals surface area contributed by atoms with E-state index >= 15 is 0 Å². The van der Waals surface area contributed by atoms with Crippen LogP contribution in [-0.2, 0) is 14.0 Å². The maximum atomic E-state index is 10.7. The summed E-state index contributed by atoms with van der Waals surface area (Å²) in [5.74, 6) is 0. The van der Waals surface area contributed by atoms with E-state index in [9.17, 15) is 8.42 Å². The molecule has 0 saturated carbocycles. The molecule has 0 aromatic carbocycles. The molecule has 0 aromatic heterocycles. The maximum Gasteiger partial charge on any atom is 0.299 e. The van der Waals surface area contributed by atoms with Crippen LogP contribution >= 0.6 is 10.7 Å². The van der Waals surface area contributed by atoms with Crippen LogP contribution in [0, 0.1) is 0 Å². The standard InChI is InChI=1S/C5H10ClNO3S/c1-10-5-2-3-7(4-5)11(6,8)9/h5H,2-4H2,1H3/t5-/m0/s1. The zero-order chi connectivity index (χ0) is 8.48. The summed E-state index contributed by atoms with van der Waals surface area (Å²) < 4.78 is 27.6. The molecule has 0 bridgehead atoms. The quantitative estimate of drug-likeness (QED) is 0.597. The summed E-state index contributed by atoms with van der Waals surface area (Å²) in [6.07, 6.45) is 0.728. The molecule has 1 aliphatic rings. The van der Waals surface area contributed by atoms with Gasteiger partial charge in [-0.1, -0.05) is 0 Å². The van der Waals surface area contributed by atoms with Gasteiger partial charge in [0.15, 0.2) is 0 Å². The van der Waals surface area contributed by atoms with E-state index in [0.717, 1.165) is 6.42 Å². The Morgan fingerprint density at radius 2 is 2.27 bits per heavy atom. The number of hydrogen-bond acceptors (Lipinski definition) is 3. The molecule has 0 unspecified atom stereocenters. The third-order valence-electron chi connectivity index (χ3n) is 1.75. The van der Waals surface area contributed by atoms with Gasteiger partial charge in [-0.25, -0.2) is 0 Å². The normalized spacial score (nSPS) is 27.6. The van der Waals surface area contributed by atoms with Crippen molar-refractivity contribution >= 4 is 19.9 Å². The molecule has 0 radical (unpaired) electrons. The molecule has 6 heteroatoms. The summed E-state index contributed by atoms with van der Waals surface area (Å²) in [5, 5.41) is 0. The minimum atomic E-state index is -3.52. The number of methoxy groups -OCH3 is 1. The van der Waals surface area contributed by atoms with E-state index in [-0.39, 0.29) is 6.10 Å². The van der Waals surface area contributed by atoms with Crippen molar-refractivity contribution in [3.63, 3.8) is 0 Å². The molecule has 11 heavy (non-hydrogen) atoms. The van der Waals surface area contributed by atoms with Gasteiger partial charge < -0.3 is 4.74 Å². The molecule has 66 valence electrons. The zero-order valence-electron chi connectivity index (χ0n) is 6.16. The average Bonchev–Trinajstić information content (AvgIpc) is 2.32. The maximum absolute atomic E-state index is 10.7. The zero-order valence-corrected chi connectivity index (χ0v) is 7.73. The average molecular weight is 200 g/mol. The van der Waals surface area contributed by atoms with Gasteiger partial charge in [-0.2, -0.15) is 12.7 Å². The van der Waals surface area contributed by atoms with Crippen molar-refractivity contribution < 1.29 is 13.2 Å². The number of hydrogen-bond donors (Lipinski definition) is 0. The van der Waals surface area contributed by atoms with Crippen LogP contribution in [0.5, 0.6) is 0 Å². The van der Waals surface area contributed by atoms with E-state index in [2.05, 4.69) is 0 Å². The molecule has 1 aliphatic heterocycles. The first-order chi connectivity index (χ1) is 5.04. The highest BCUT2D eigenvalue weighted by atomic mass is 35.7. The van der Waals surface area contributed by atoms with Crippen molar-refractivity contribution in [3.8, 4) is 0 Å². The fourth-order valence-electron chi connectivity index (χ4n) is 1.09. The van der Waals surface area contributed by atoms with Gasteiger partial charge in [0.25, 0.3) is 9.24 Å². The Bertz CT molecular complexity index is 228. The Morgan fingerprint density at radius 3 is 2.55 bits per heavy atom. The van der Waals surface area contributed by atoms with Crippen molar-refractivity contribution in [1.82, 2.24) is 4.31 Å².